The van der Waals surface area contributed by atoms with E-state index in [2.05, 4.69) is 10.4 Å². The van der Waals surface area contributed by atoms with Gasteiger partial charge in [-0.05, 0) is 31.4 Å². The fraction of sp³-hybridized carbons (Fsp3) is 0.409. The van der Waals surface area contributed by atoms with Crippen LogP contribution in [0.15, 0.2) is 48.4 Å². The summed E-state index contributed by atoms with van der Waals surface area (Å²) in [5, 5.41) is 17.0. The van der Waals surface area contributed by atoms with Crippen molar-refractivity contribution < 1.29 is 19.4 Å². The molecule has 1 aromatic heterocycles. The number of hydrogen-bond acceptors (Lipinski definition) is 5. The van der Waals surface area contributed by atoms with E-state index < -0.39 is 12.1 Å². The molecule has 1 aliphatic heterocycles. The number of halogens is 1. The highest BCUT2D eigenvalue weighted by Crippen LogP contribution is 2.28. The van der Waals surface area contributed by atoms with Crippen molar-refractivity contribution in [1.29, 1.82) is 0 Å². The molecule has 2 heterocycles. The highest BCUT2D eigenvalue weighted by atomic mass is 35.5. The zero-order valence-corrected chi connectivity index (χ0v) is 18.5. The molecule has 3 rings (SSSR count). The summed E-state index contributed by atoms with van der Waals surface area (Å²) in [6, 6.07) is 7.99. The molecular weight excluding hydrogens is 420 g/mol. The van der Waals surface area contributed by atoms with Crippen LogP contribution in [0.25, 0.3) is 0 Å². The fourth-order valence-corrected chi connectivity index (χ4v) is 3.51. The molecule has 0 bridgehead atoms. The number of para-hydroxylation sites is 1. The first-order valence-corrected chi connectivity index (χ1v) is 10.6. The second kappa shape index (κ2) is 9.98. The Balaban J connectivity index is 1.70. The van der Waals surface area contributed by atoms with Crippen LogP contribution in [0.4, 0.5) is 5.82 Å². The summed E-state index contributed by atoms with van der Waals surface area (Å²) >= 11 is 6.14. The summed E-state index contributed by atoms with van der Waals surface area (Å²) in [6.07, 6.45) is 3.00. The van der Waals surface area contributed by atoms with Crippen LogP contribution in [0.5, 0.6) is 5.75 Å². The lowest BCUT2D eigenvalue weighted by Gasteiger charge is -2.28. The van der Waals surface area contributed by atoms with Gasteiger partial charge in [0.05, 0.1) is 24.2 Å². The number of ether oxygens (including phenoxy) is 1. The lowest BCUT2D eigenvalue weighted by atomic mass is 10.0. The SMILES string of the molecule is CC(C)C[C@@H](C(=O)Nc1ccn(C[C@@H](C)O)n1)N1CC(Oc2ccccc2Cl)=CC1=O. The molecule has 0 unspecified atom stereocenters. The lowest BCUT2D eigenvalue weighted by molar-refractivity contribution is -0.133. The summed E-state index contributed by atoms with van der Waals surface area (Å²) < 4.78 is 7.35. The van der Waals surface area contributed by atoms with Crippen molar-refractivity contribution in [3.63, 3.8) is 0 Å². The van der Waals surface area contributed by atoms with Gasteiger partial charge in [0.25, 0.3) is 5.91 Å². The number of nitrogens with one attached hydrogen (secondary N) is 1. The van der Waals surface area contributed by atoms with Crippen LogP contribution in [0.3, 0.4) is 0 Å². The molecule has 0 fully saturated rings. The van der Waals surface area contributed by atoms with Gasteiger partial charge < -0.3 is 20.1 Å². The molecule has 0 saturated heterocycles. The average molecular weight is 447 g/mol. The van der Waals surface area contributed by atoms with Crippen molar-refractivity contribution in [2.75, 3.05) is 11.9 Å². The molecule has 0 aliphatic carbocycles. The van der Waals surface area contributed by atoms with Gasteiger partial charge in [-0.3, -0.25) is 14.3 Å². The van der Waals surface area contributed by atoms with Gasteiger partial charge >= 0.3 is 0 Å². The minimum atomic E-state index is -0.682. The number of carbonyl (C=O) groups is 2. The van der Waals surface area contributed by atoms with E-state index in [4.69, 9.17) is 16.3 Å². The predicted octanol–water partition coefficient (Wildman–Crippen LogP) is 3.08. The molecule has 166 valence electrons. The summed E-state index contributed by atoms with van der Waals surface area (Å²) in [5.74, 6) is 0.829. The van der Waals surface area contributed by atoms with Gasteiger partial charge in [0.15, 0.2) is 5.82 Å². The standard InChI is InChI=1S/C22H27ClN4O4/c1-14(2)10-18(22(30)24-20-8-9-26(25-20)12-15(3)28)27-13-16(11-21(27)29)31-19-7-5-4-6-17(19)23/h4-9,11,14-15,18,28H,10,12-13H2,1-3H3,(H,24,25,30)/t15-,18+/m1/s1. The van der Waals surface area contributed by atoms with Crippen molar-refractivity contribution in [3.8, 4) is 5.75 Å². The molecule has 2 N–H and O–H groups in total. The first-order chi connectivity index (χ1) is 14.7. The maximum Gasteiger partial charge on any atom is 0.251 e. The van der Waals surface area contributed by atoms with Gasteiger partial charge in [0.2, 0.25) is 5.91 Å². The number of aliphatic hydroxyl groups is 1. The van der Waals surface area contributed by atoms with Gasteiger partial charge in [-0.1, -0.05) is 37.6 Å². The van der Waals surface area contributed by atoms with Crippen molar-refractivity contribution in [2.45, 2.75) is 45.9 Å². The summed E-state index contributed by atoms with van der Waals surface area (Å²) in [5.41, 5.74) is 0. The maximum atomic E-state index is 13.0. The van der Waals surface area contributed by atoms with Gasteiger partial charge in [-0.15, -0.1) is 0 Å². The summed E-state index contributed by atoms with van der Waals surface area (Å²) in [6.45, 7) is 6.14. The van der Waals surface area contributed by atoms with Crippen molar-refractivity contribution in [1.82, 2.24) is 14.7 Å². The van der Waals surface area contributed by atoms with Crippen molar-refractivity contribution >= 4 is 29.2 Å². The minimum Gasteiger partial charge on any atom is -0.458 e. The Bertz CT molecular complexity index is 970. The van der Waals surface area contributed by atoms with E-state index >= 15 is 0 Å². The summed E-state index contributed by atoms with van der Waals surface area (Å²) in [7, 11) is 0. The molecule has 0 radical (unpaired) electrons. The maximum absolute atomic E-state index is 13.0. The Hall–Kier alpha value is -2.84. The first kappa shape index (κ1) is 22.8. The van der Waals surface area contributed by atoms with Gasteiger partial charge in [0, 0.05) is 18.3 Å². The lowest BCUT2D eigenvalue weighted by Crippen LogP contribution is -2.46. The molecule has 1 aromatic carbocycles. The number of aromatic nitrogens is 2. The predicted molar refractivity (Wildman–Crippen MR) is 118 cm³/mol. The van der Waals surface area contributed by atoms with E-state index in [0.717, 1.165) is 0 Å². The molecule has 2 aromatic rings. The van der Waals surface area contributed by atoms with E-state index in [1.54, 1.807) is 48.1 Å². The molecule has 1 aliphatic rings. The Morgan fingerprint density at radius 3 is 2.71 bits per heavy atom. The molecule has 0 spiro atoms. The molecule has 31 heavy (non-hydrogen) atoms. The third-order valence-corrected chi connectivity index (χ3v) is 5.00. The molecular formula is C22H27ClN4O4. The number of benzene rings is 1. The highest BCUT2D eigenvalue weighted by molar-refractivity contribution is 6.32. The number of amides is 2. The molecule has 2 amide bonds. The van der Waals surface area contributed by atoms with Crippen LogP contribution >= 0.6 is 11.6 Å². The third-order valence-electron chi connectivity index (χ3n) is 4.69. The number of hydrogen-bond donors (Lipinski definition) is 2. The number of rotatable bonds is 9. The Kier molecular flexibility index (Phi) is 7.35. The zero-order valence-electron chi connectivity index (χ0n) is 17.8. The smallest absolute Gasteiger partial charge is 0.251 e. The first-order valence-electron chi connectivity index (χ1n) is 10.2. The van der Waals surface area contributed by atoms with E-state index in [1.165, 1.54) is 11.0 Å². The van der Waals surface area contributed by atoms with Crippen LogP contribution < -0.4 is 10.1 Å². The van der Waals surface area contributed by atoms with Crippen LogP contribution in [-0.4, -0.2) is 50.3 Å². The van der Waals surface area contributed by atoms with Gasteiger partial charge in [-0.2, -0.15) is 5.10 Å². The van der Waals surface area contributed by atoms with E-state index in [0.29, 0.717) is 35.3 Å². The third kappa shape index (κ3) is 6.08. The number of anilines is 1. The quantitative estimate of drug-likeness (QED) is 0.617. The largest absolute Gasteiger partial charge is 0.458 e. The highest BCUT2D eigenvalue weighted by Gasteiger charge is 2.35. The Morgan fingerprint density at radius 1 is 1.29 bits per heavy atom. The van der Waals surface area contributed by atoms with E-state index in [9.17, 15) is 14.7 Å². The Morgan fingerprint density at radius 2 is 2.03 bits per heavy atom. The van der Waals surface area contributed by atoms with E-state index in [-0.39, 0.29) is 24.3 Å². The number of aliphatic hydroxyl groups excluding tert-OH is 1. The Labute approximate surface area is 186 Å². The van der Waals surface area contributed by atoms with Crippen LogP contribution in [-0.2, 0) is 16.1 Å². The molecule has 0 saturated carbocycles. The number of nitrogens with zero attached hydrogens (tertiary/aromatic N) is 3. The normalized spacial score (nSPS) is 15.7. The fourth-order valence-electron chi connectivity index (χ4n) is 3.34. The molecule has 8 nitrogen and oxygen atoms in total. The van der Waals surface area contributed by atoms with Gasteiger partial charge in [0.1, 0.15) is 17.6 Å². The number of carbonyl (C=O) groups excluding carboxylic acids is 2. The van der Waals surface area contributed by atoms with Crippen LogP contribution in [0, 0.1) is 5.92 Å². The van der Waals surface area contributed by atoms with E-state index in [1.807, 2.05) is 13.8 Å². The second-order valence-corrected chi connectivity index (χ2v) is 8.42. The van der Waals surface area contributed by atoms with Gasteiger partial charge in [-0.25, -0.2) is 0 Å². The van der Waals surface area contributed by atoms with Crippen molar-refractivity contribution in [3.05, 3.63) is 53.4 Å². The molecule has 9 heteroatoms. The second-order valence-electron chi connectivity index (χ2n) is 8.02. The minimum absolute atomic E-state index is 0.172. The average Bonchev–Trinajstić information content (AvgIpc) is 3.27. The topological polar surface area (TPSA) is 96.7 Å². The zero-order chi connectivity index (χ0) is 22.5. The summed E-state index contributed by atoms with van der Waals surface area (Å²) in [4.78, 5) is 27.2. The van der Waals surface area contributed by atoms with Crippen LogP contribution in [0.2, 0.25) is 5.02 Å². The van der Waals surface area contributed by atoms with Crippen LogP contribution in [0.1, 0.15) is 27.2 Å². The van der Waals surface area contributed by atoms with Crippen molar-refractivity contribution in [2.24, 2.45) is 5.92 Å². The monoisotopic (exact) mass is 446 g/mol. The molecule has 2 atom stereocenters.